The van der Waals surface area contributed by atoms with E-state index in [-0.39, 0.29) is 56.3 Å². The third-order valence-electron chi connectivity index (χ3n) is 3.01. The Morgan fingerprint density at radius 3 is 2.44 bits per heavy atom. The van der Waals surface area contributed by atoms with Gasteiger partial charge in [-0.25, -0.2) is 8.42 Å². The summed E-state index contributed by atoms with van der Waals surface area (Å²) in [6.07, 6.45) is 2.79. The van der Waals surface area contributed by atoms with Gasteiger partial charge >= 0.3 is 58.9 Å². The van der Waals surface area contributed by atoms with E-state index >= 15 is 0 Å². The van der Waals surface area contributed by atoms with E-state index in [0.29, 0.717) is 21.6 Å². The molecule has 126 valence electrons. The zero-order valence-electron chi connectivity index (χ0n) is 13.2. The Morgan fingerprint density at radius 2 is 1.84 bits per heavy atom. The van der Waals surface area contributed by atoms with E-state index in [2.05, 4.69) is 11.1 Å². The first-order valence-electron chi connectivity index (χ1n) is 6.51. The molecule has 0 saturated heterocycles. The fourth-order valence-electron chi connectivity index (χ4n) is 2.04. The maximum Gasteiger partial charge on any atom is 1.00 e. The van der Waals surface area contributed by atoms with E-state index in [0.717, 1.165) is 3.97 Å². The van der Waals surface area contributed by atoms with Gasteiger partial charge in [-0.15, -0.1) is 11.5 Å². The van der Waals surface area contributed by atoms with Gasteiger partial charge in [-0.2, -0.15) is 6.07 Å². The first-order valence-corrected chi connectivity index (χ1v) is 8.33. The summed E-state index contributed by atoms with van der Waals surface area (Å²) in [6.45, 7) is 1.76. The molecule has 0 aliphatic heterocycles. The van der Waals surface area contributed by atoms with Gasteiger partial charge in [-0.1, -0.05) is 29.8 Å². The van der Waals surface area contributed by atoms with Crippen molar-refractivity contribution < 1.29 is 72.7 Å². The van der Waals surface area contributed by atoms with Crippen LogP contribution in [0.25, 0.3) is 11.0 Å². The topological polar surface area (TPSA) is 52.0 Å². The summed E-state index contributed by atoms with van der Waals surface area (Å²) in [6, 6.07) is 11.3. The maximum absolute atomic E-state index is 12.7. The molecule has 0 aliphatic rings. The molecular weight excluding hydrogens is 403 g/mol. The van der Waals surface area contributed by atoms with Crippen LogP contribution in [0, 0.1) is 13.0 Å². The number of hydrogen-bond acceptors (Lipinski definition) is 3. The molecule has 2 heterocycles. The Morgan fingerprint density at radius 1 is 1.24 bits per heavy atom. The second-order valence-electron chi connectivity index (χ2n) is 4.61. The maximum atomic E-state index is 12.7. The Balaban J connectivity index is 0.000000568. The standard InChI is InChI=1S/C14H10ClN2O2S.BF3.K/c1-10-4-2-3-5-13(10)20(18,19)17-7-6-11-8-12(15)9-16-14(11)17;2-1(3)4;/h2-5,7-9H,1H3;;/q-1;;+1. The molecule has 0 bridgehead atoms. The van der Waals surface area contributed by atoms with E-state index in [1.54, 1.807) is 37.3 Å². The van der Waals surface area contributed by atoms with Crippen LogP contribution in [0.1, 0.15) is 5.56 Å². The molecule has 2 aromatic heterocycles. The van der Waals surface area contributed by atoms with Gasteiger partial charge in [0.25, 0.3) is 10.0 Å². The smallest absolute Gasteiger partial charge is 0.302 e. The van der Waals surface area contributed by atoms with Crippen molar-refractivity contribution in [1.82, 2.24) is 8.96 Å². The molecule has 0 saturated carbocycles. The molecule has 25 heavy (non-hydrogen) atoms. The molecule has 0 amide bonds. The van der Waals surface area contributed by atoms with E-state index in [4.69, 9.17) is 11.6 Å². The van der Waals surface area contributed by atoms with Crippen molar-refractivity contribution in [3.05, 3.63) is 59.4 Å². The normalized spacial score (nSPS) is 10.6. The van der Waals surface area contributed by atoms with E-state index in [1.165, 1.54) is 12.4 Å². The average Bonchev–Trinajstić information content (AvgIpc) is 2.90. The SMILES string of the molecule is Cc1ccccc1S(=O)(=O)n1c[c-]c2cc(Cl)cnc21.FB(F)F.[K+]. The van der Waals surface area contributed by atoms with Gasteiger partial charge in [-0.3, -0.25) is 16.9 Å². The van der Waals surface area contributed by atoms with Crippen molar-refractivity contribution in [2.24, 2.45) is 0 Å². The van der Waals surface area contributed by atoms with Crippen molar-refractivity contribution in [3.8, 4) is 0 Å². The van der Waals surface area contributed by atoms with E-state index < -0.39 is 17.6 Å². The van der Waals surface area contributed by atoms with Crippen LogP contribution in [0.5, 0.6) is 0 Å². The quantitative estimate of drug-likeness (QED) is 0.465. The van der Waals surface area contributed by atoms with Crippen molar-refractivity contribution in [1.29, 1.82) is 0 Å². The predicted molar refractivity (Wildman–Crippen MR) is 86.4 cm³/mol. The van der Waals surface area contributed by atoms with Gasteiger partial charge in [0, 0.05) is 16.9 Å². The molecule has 0 spiro atoms. The number of aromatic nitrogens is 2. The molecular formula is C14H10BClF3KN2O2S. The minimum absolute atomic E-state index is 0. The molecule has 0 N–H and O–H groups in total. The monoisotopic (exact) mass is 412 g/mol. The minimum Gasteiger partial charge on any atom is -0.302 e. The largest absolute Gasteiger partial charge is 1.00 e. The summed E-state index contributed by atoms with van der Waals surface area (Å²) in [7, 11) is -7.35. The Hall–Kier alpha value is -0.359. The Bertz CT molecular complexity index is 967. The first kappa shape index (κ1) is 22.7. The van der Waals surface area contributed by atoms with Crippen molar-refractivity contribution in [2.45, 2.75) is 11.8 Å². The average molecular weight is 413 g/mol. The van der Waals surface area contributed by atoms with E-state index in [1.807, 2.05) is 0 Å². The number of benzene rings is 1. The summed E-state index contributed by atoms with van der Waals surface area (Å²) in [5, 5.41) is 1.01. The predicted octanol–water partition coefficient (Wildman–Crippen LogP) is 0.919. The number of pyridine rings is 1. The summed E-state index contributed by atoms with van der Waals surface area (Å²) in [5.74, 6) is 0. The summed E-state index contributed by atoms with van der Waals surface area (Å²) < 4.78 is 55.5. The second-order valence-corrected chi connectivity index (χ2v) is 6.83. The molecule has 4 nitrogen and oxygen atoms in total. The number of hydrogen-bond donors (Lipinski definition) is 0. The minimum atomic E-state index is -3.69. The zero-order chi connectivity index (χ0) is 17.9. The fourth-order valence-corrected chi connectivity index (χ4v) is 3.70. The number of rotatable bonds is 2. The van der Waals surface area contributed by atoms with Gasteiger partial charge in [0.2, 0.25) is 0 Å². The molecule has 0 aliphatic carbocycles. The summed E-state index contributed by atoms with van der Waals surface area (Å²) in [4.78, 5) is 4.34. The molecule has 3 aromatic rings. The number of halogens is 4. The Kier molecular flexibility index (Phi) is 8.66. The van der Waals surface area contributed by atoms with Gasteiger partial charge in [0.1, 0.15) is 0 Å². The van der Waals surface area contributed by atoms with Crippen LogP contribution in [-0.2, 0) is 10.0 Å². The van der Waals surface area contributed by atoms with Crippen molar-refractivity contribution >= 4 is 40.2 Å². The molecule has 11 heteroatoms. The van der Waals surface area contributed by atoms with Crippen LogP contribution in [0.3, 0.4) is 0 Å². The van der Waals surface area contributed by atoms with Crippen LogP contribution in [0.15, 0.2) is 47.6 Å². The summed E-state index contributed by atoms with van der Waals surface area (Å²) in [5.41, 5.74) is 1.00. The number of aryl methyl sites for hydroxylation is 1. The van der Waals surface area contributed by atoms with Crippen LogP contribution >= 0.6 is 11.6 Å². The van der Waals surface area contributed by atoms with Crippen LogP contribution in [0.2, 0.25) is 5.02 Å². The van der Waals surface area contributed by atoms with Gasteiger partial charge in [0.15, 0.2) is 0 Å². The third kappa shape index (κ3) is 5.56. The van der Waals surface area contributed by atoms with Gasteiger partial charge in [-0.05, 0) is 24.8 Å². The van der Waals surface area contributed by atoms with Gasteiger partial charge in [0.05, 0.1) is 4.90 Å². The molecule has 0 fully saturated rings. The fraction of sp³-hybridized carbons (Fsp3) is 0.0714. The van der Waals surface area contributed by atoms with E-state index in [9.17, 15) is 21.4 Å². The molecule has 0 atom stereocenters. The summed E-state index contributed by atoms with van der Waals surface area (Å²) >= 11 is 5.84. The van der Waals surface area contributed by atoms with Gasteiger partial charge < -0.3 is 4.98 Å². The zero-order valence-corrected chi connectivity index (χ0v) is 17.9. The van der Waals surface area contributed by atoms with Crippen LogP contribution in [0.4, 0.5) is 12.9 Å². The molecule has 3 rings (SSSR count). The number of fused-ring (bicyclic) bond motifs is 1. The van der Waals surface area contributed by atoms with Crippen LogP contribution < -0.4 is 51.4 Å². The second kappa shape index (κ2) is 9.54. The molecule has 1 aromatic carbocycles. The van der Waals surface area contributed by atoms with Crippen molar-refractivity contribution in [3.63, 3.8) is 0 Å². The molecule has 0 unspecified atom stereocenters. The Labute approximate surface area is 191 Å². The van der Waals surface area contributed by atoms with Crippen LogP contribution in [-0.4, -0.2) is 24.9 Å². The number of nitrogens with zero attached hydrogens (tertiary/aromatic N) is 2. The molecule has 0 radical (unpaired) electrons. The first-order chi connectivity index (χ1) is 11.2. The van der Waals surface area contributed by atoms with Crippen molar-refractivity contribution in [2.75, 3.05) is 0 Å². The third-order valence-corrected chi connectivity index (χ3v) is 5.03.